The van der Waals surface area contributed by atoms with Crippen molar-refractivity contribution in [2.45, 2.75) is 12.5 Å². The lowest BCUT2D eigenvalue weighted by atomic mass is 9.88. The normalized spacial score (nSPS) is 16.7. The Morgan fingerprint density at radius 2 is 2.21 bits per heavy atom. The molecule has 4 heteroatoms. The number of nitrogens with one attached hydrogen (secondary N) is 1. The molecule has 1 aromatic carbocycles. The standard InChI is InChI=1S/C10H13ClN2O/c11-8-2-1-6(5-14)9(10(8)12)7-3-13-4-7/h1-2,7,13-14H,3-5,12H2. The zero-order chi connectivity index (χ0) is 10.1. The SMILES string of the molecule is Nc1c(Cl)ccc(CO)c1C1CNC1. The van der Waals surface area contributed by atoms with Gasteiger partial charge in [0.25, 0.3) is 0 Å². The predicted molar refractivity (Wildman–Crippen MR) is 57.4 cm³/mol. The van der Waals surface area contributed by atoms with Crippen LogP contribution in [0.4, 0.5) is 5.69 Å². The van der Waals surface area contributed by atoms with Crippen molar-refractivity contribution in [3.05, 3.63) is 28.3 Å². The fraction of sp³-hybridized carbons (Fsp3) is 0.400. The first-order chi connectivity index (χ1) is 6.74. The summed E-state index contributed by atoms with van der Waals surface area (Å²) in [5.74, 6) is 0.399. The third-order valence-electron chi connectivity index (χ3n) is 2.68. The van der Waals surface area contributed by atoms with E-state index in [1.807, 2.05) is 6.07 Å². The number of aliphatic hydroxyl groups is 1. The highest BCUT2D eigenvalue weighted by Gasteiger charge is 2.24. The minimum atomic E-state index is 0.0210. The third-order valence-corrected chi connectivity index (χ3v) is 3.01. The van der Waals surface area contributed by atoms with Crippen molar-refractivity contribution >= 4 is 17.3 Å². The predicted octanol–water partition coefficient (Wildman–Crippen LogP) is 1.10. The van der Waals surface area contributed by atoms with Gasteiger partial charge >= 0.3 is 0 Å². The van der Waals surface area contributed by atoms with Crippen molar-refractivity contribution in [1.29, 1.82) is 0 Å². The molecule has 1 saturated heterocycles. The highest BCUT2D eigenvalue weighted by atomic mass is 35.5. The Morgan fingerprint density at radius 3 is 2.71 bits per heavy atom. The molecule has 1 heterocycles. The van der Waals surface area contributed by atoms with Crippen molar-refractivity contribution in [2.24, 2.45) is 0 Å². The van der Waals surface area contributed by atoms with Gasteiger partial charge in [-0.3, -0.25) is 0 Å². The summed E-state index contributed by atoms with van der Waals surface area (Å²) in [5, 5.41) is 12.9. The maximum Gasteiger partial charge on any atom is 0.0685 e. The molecule has 1 aromatic rings. The van der Waals surface area contributed by atoms with Crippen LogP contribution in [-0.4, -0.2) is 18.2 Å². The van der Waals surface area contributed by atoms with E-state index >= 15 is 0 Å². The molecular weight excluding hydrogens is 200 g/mol. The van der Waals surface area contributed by atoms with Crippen molar-refractivity contribution in [1.82, 2.24) is 5.32 Å². The zero-order valence-electron chi connectivity index (χ0n) is 7.76. The molecule has 2 rings (SSSR count). The molecule has 0 aromatic heterocycles. The summed E-state index contributed by atoms with van der Waals surface area (Å²) in [7, 11) is 0. The Labute approximate surface area is 87.9 Å². The van der Waals surface area contributed by atoms with E-state index in [9.17, 15) is 5.11 Å². The van der Waals surface area contributed by atoms with Crippen LogP contribution in [0.5, 0.6) is 0 Å². The maximum atomic E-state index is 9.18. The molecule has 0 unspecified atom stereocenters. The van der Waals surface area contributed by atoms with Crippen molar-refractivity contribution < 1.29 is 5.11 Å². The lowest BCUT2D eigenvalue weighted by molar-refractivity contribution is 0.278. The molecule has 0 atom stereocenters. The molecule has 76 valence electrons. The summed E-state index contributed by atoms with van der Waals surface area (Å²) in [6, 6.07) is 3.57. The topological polar surface area (TPSA) is 58.3 Å². The van der Waals surface area contributed by atoms with Gasteiger partial charge in [0, 0.05) is 19.0 Å². The van der Waals surface area contributed by atoms with Crippen LogP contribution in [0.3, 0.4) is 0 Å². The molecule has 0 bridgehead atoms. The highest BCUT2D eigenvalue weighted by Crippen LogP contribution is 2.33. The minimum Gasteiger partial charge on any atom is -0.397 e. The number of anilines is 1. The number of nitrogen functional groups attached to an aromatic ring is 1. The van der Waals surface area contributed by atoms with Gasteiger partial charge in [0.05, 0.1) is 17.3 Å². The van der Waals surface area contributed by atoms with Crippen LogP contribution in [0.25, 0.3) is 0 Å². The van der Waals surface area contributed by atoms with E-state index in [-0.39, 0.29) is 6.61 Å². The second-order valence-corrected chi connectivity index (χ2v) is 3.95. The van der Waals surface area contributed by atoms with E-state index in [4.69, 9.17) is 17.3 Å². The molecule has 0 spiro atoms. The van der Waals surface area contributed by atoms with Gasteiger partial charge in [0.15, 0.2) is 0 Å². The maximum absolute atomic E-state index is 9.18. The van der Waals surface area contributed by atoms with E-state index in [1.165, 1.54) is 0 Å². The summed E-state index contributed by atoms with van der Waals surface area (Å²) in [6.07, 6.45) is 0. The van der Waals surface area contributed by atoms with Crippen LogP contribution in [0, 0.1) is 0 Å². The first-order valence-corrected chi connectivity index (χ1v) is 5.00. The molecule has 1 aliphatic rings. The minimum absolute atomic E-state index is 0.0210. The number of rotatable bonds is 2. The monoisotopic (exact) mass is 212 g/mol. The fourth-order valence-corrected chi connectivity index (χ4v) is 1.93. The second-order valence-electron chi connectivity index (χ2n) is 3.55. The molecule has 0 aliphatic carbocycles. The number of nitrogens with two attached hydrogens (primary N) is 1. The van der Waals surface area contributed by atoms with Crippen LogP contribution in [0.15, 0.2) is 12.1 Å². The van der Waals surface area contributed by atoms with Crippen LogP contribution < -0.4 is 11.1 Å². The van der Waals surface area contributed by atoms with Gasteiger partial charge in [-0.2, -0.15) is 0 Å². The third kappa shape index (κ3) is 1.47. The lowest BCUT2D eigenvalue weighted by Gasteiger charge is -2.30. The first kappa shape index (κ1) is 9.77. The second kappa shape index (κ2) is 3.77. The summed E-state index contributed by atoms with van der Waals surface area (Å²) in [5.41, 5.74) is 8.41. The molecule has 0 amide bonds. The summed E-state index contributed by atoms with van der Waals surface area (Å²) in [4.78, 5) is 0. The summed E-state index contributed by atoms with van der Waals surface area (Å²) in [6.45, 7) is 1.85. The van der Waals surface area contributed by atoms with Gasteiger partial charge in [-0.25, -0.2) is 0 Å². The Morgan fingerprint density at radius 1 is 1.50 bits per heavy atom. The number of halogens is 1. The molecular formula is C10H13ClN2O. The van der Waals surface area contributed by atoms with Crippen molar-refractivity contribution in [3.8, 4) is 0 Å². The number of aliphatic hydroxyl groups excluding tert-OH is 1. The van der Waals surface area contributed by atoms with E-state index in [0.717, 1.165) is 24.2 Å². The molecule has 4 N–H and O–H groups in total. The molecule has 1 fully saturated rings. The molecule has 0 saturated carbocycles. The summed E-state index contributed by atoms with van der Waals surface area (Å²) < 4.78 is 0. The van der Waals surface area contributed by atoms with Gasteiger partial charge in [-0.15, -0.1) is 0 Å². The largest absolute Gasteiger partial charge is 0.397 e. The lowest BCUT2D eigenvalue weighted by Crippen LogP contribution is -2.40. The van der Waals surface area contributed by atoms with Gasteiger partial charge < -0.3 is 16.2 Å². The Balaban J connectivity index is 2.46. The fourth-order valence-electron chi connectivity index (χ4n) is 1.77. The molecule has 14 heavy (non-hydrogen) atoms. The average Bonchev–Trinajstić information content (AvgIpc) is 2.10. The summed E-state index contributed by atoms with van der Waals surface area (Å²) >= 11 is 5.94. The number of hydrogen-bond donors (Lipinski definition) is 3. The molecule has 1 aliphatic heterocycles. The zero-order valence-corrected chi connectivity index (χ0v) is 8.51. The smallest absolute Gasteiger partial charge is 0.0685 e. The quantitative estimate of drug-likeness (QED) is 0.644. The van der Waals surface area contributed by atoms with Crippen molar-refractivity contribution in [3.63, 3.8) is 0 Å². The first-order valence-electron chi connectivity index (χ1n) is 4.62. The number of benzene rings is 1. The van der Waals surface area contributed by atoms with Crippen LogP contribution >= 0.6 is 11.6 Å². The van der Waals surface area contributed by atoms with Gasteiger partial charge in [-0.1, -0.05) is 17.7 Å². The average molecular weight is 213 g/mol. The van der Waals surface area contributed by atoms with Crippen LogP contribution in [0.2, 0.25) is 5.02 Å². The van der Waals surface area contributed by atoms with E-state index in [1.54, 1.807) is 6.07 Å². The van der Waals surface area contributed by atoms with Crippen LogP contribution in [0.1, 0.15) is 17.0 Å². The van der Waals surface area contributed by atoms with E-state index < -0.39 is 0 Å². The highest BCUT2D eigenvalue weighted by molar-refractivity contribution is 6.33. The van der Waals surface area contributed by atoms with Gasteiger partial charge in [-0.05, 0) is 17.2 Å². The van der Waals surface area contributed by atoms with Gasteiger partial charge in [0.1, 0.15) is 0 Å². The van der Waals surface area contributed by atoms with Crippen molar-refractivity contribution in [2.75, 3.05) is 18.8 Å². The number of hydrogen-bond acceptors (Lipinski definition) is 3. The van der Waals surface area contributed by atoms with Gasteiger partial charge in [0.2, 0.25) is 0 Å². The molecule has 0 radical (unpaired) electrons. The Bertz CT molecular complexity index is 350. The Hall–Kier alpha value is -0.770. The van der Waals surface area contributed by atoms with Crippen LogP contribution in [-0.2, 0) is 6.61 Å². The van der Waals surface area contributed by atoms with E-state index in [0.29, 0.717) is 16.6 Å². The van der Waals surface area contributed by atoms with E-state index in [2.05, 4.69) is 5.32 Å². The Kier molecular flexibility index (Phi) is 2.63. The molecule has 3 nitrogen and oxygen atoms in total.